The van der Waals surface area contributed by atoms with Gasteiger partial charge in [-0.2, -0.15) is 9.78 Å². The molecule has 3 aromatic carbocycles. The Morgan fingerprint density at radius 2 is 1.76 bits per heavy atom. The number of benzene rings is 3. The summed E-state index contributed by atoms with van der Waals surface area (Å²) in [6.07, 6.45) is 1.63. The fourth-order valence-electron chi connectivity index (χ4n) is 3.58. The van der Waals surface area contributed by atoms with Crippen molar-refractivity contribution in [3.63, 3.8) is 0 Å². The largest absolute Gasteiger partial charge is 0.383 e. The number of aryl methyl sites for hydroxylation is 1. The zero-order chi connectivity index (χ0) is 22.9. The molecule has 2 heterocycles. The first-order chi connectivity index (χ1) is 16.0. The number of carbonyl (C=O) groups is 1. The van der Waals surface area contributed by atoms with Gasteiger partial charge in [0.05, 0.1) is 17.2 Å². The third-order valence-corrected chi connectivity index (χ3v) is 5.42. The molecule has 1 amide bonds. The number of nitrogens with two attached hydrogens (primary N) is 1. The van der Waals surface area contributed by atoms with Crippen LogP contribution in [0.15, 0.2) is 77.9 Å². The predicted molar refractivity (Wildman–Crippen MR) is 133 cm³/mol. The molecule has 0 fully saturated rings. The maximum absolute atomic E-state index is 13.3. The summed E-state index contributed by atoms with van der Waals surface area (Å²) in [6, 6.07) is 22.2. The van der Waals surface area contributed by atoms with Gasteiger partial charge in [-0.05, 0) is 54.4 Å². The van der Waals surface area contributed by atoms with Crippen LogP contribution in [0.4, 0.5) is 11.5 Å². The normalized spacial score (nSPS) is 11.5. The first-order valence-corrected chi connectivity index (χ1v) is 10.6. The van der Waals surface area contributed by atoms with Crippen molar-refractivity contribution in [1.82, 2.24) is 14.6 Å². The fourth-order valence-corrected chi connectivity index (χ4v) is 3.70. The van der Waals surface area contributed by atoms with Crippen molar-refractivity contribution in [3.8, 4) is 0 Å². The molecule has 0 unspecified atom stereocenters. The van der Waals surface area contributed by atoms with Gasteiger partial charge in [-0.15, -0.1) is 0 Å². The lowest BCUT2D eigenvalue weighted by Crippen LogP contribution is -2.14. The van der Waals surface area contributed by atoms with E-state index in [2.05, 4.69) is 10.4 Å². The van der Waals surface area contributed by atoms with E-state index in [0.717, 1.165) is 11.1 Å². The zero-order valence-electron chi connectivity index (χ0n) is 17.7. The van der Waals surface area contributed by atoms with Gasteiger partial charge in [-0.3, -0.25) is 4.79 Å². The Bertz CT molecular complexity index is 1540. The van der Waals surface area contributed by atoms with Crippen molar-refractivity contribution in [1.29, 1.82) is 0 Å². The van der Waals surface area contributed by atoms with Crippen LogP contribution < -0.4 is 11.1 Å². The standard InChI is InChI=1S/C25H19ClN6O/c1-15-5-4-6-18(13-15)29-25(33)21-22-24(31-20-8-3-2-7-19(20)30-22)32(23(21)27)28-14-16-9-11-17(26)12-10-16/h2-14H,27H2,1H3,(H,29,33)/b28-14+. The molecule has 0 saturated heterocycles. The summed E-state index contributed by atoms with van der Waals surface area (Å²) in [5.74, 6) is -0.233. The van der Waals surface area contributed by atoms with Crippen LogP contribution in [0.25, 0.3) is 22.2 Å². The minimum absolute atomic E-state index is 0.149. The lowest BCUT2D eigenvalue weighted by molar-refractivity contribution is 0.102. The Labute approximate surface area is 194 Å². The molecule has 0 atom stereocenters. The molecule has 0 saturated carbocycles. The number of rotatable bonds is 4. The summed E-state index contributed by atoms with van der Waals surface area (Å²) in [7, 11) is 0. The average molecular weight is 455 g/mol. The second-order valence-corrected chi connectivity index (χ2v) is 8.01. The first-order valence-electron chi connectivity index (χ1n) is 10.2. The van der Waals surface area contributed by atoms with Gasteiger partial charge in [0.2, 0.25) is 0 Å². The maximum atomic E-state index is 13.3. The Morgan fingerprint density at radius 3 is 2.48 bits per heavy atom. The third-order valence-electron chi connectivity index (χ3n) is 5.17. The van der Waals surface area contributed by atoms with Crippen LogP contribution in [-0.2, 0) is 0 Å². The lowest BCUT2D eigenvalue weighted by atomic mass is 10.2. The number of para-hydroxylation sites is 2. The number of amides is 1. The van der Waals surface area contributed by atoms with Crippen LogP contribution in [0.5, 0.6) is 0 Å². The molecule has 33 heavy (non-hydrogen) atoms. The zero-order valence-corrected chi connectivity index (χ0v) is 18.4. The van der Waals surface area contributed by atoms with Crippen LogP contribution in [0.3, 0.4) is 0 Å². The molecule has 0 aliphatic rings. The first kappa shape index (κ1) is 20.7. The monoisotopic (exact) mass is 454 g/mol. The van der Waals surface area contributed by atoms with E-state index in [-0.39, 0.29) is 17.3 Å². The molecule has 5 aromatic rings. The van der Waals surface area contributed by atoms with E-state index in [1.54, 1.807) is 18.3 Å². The molecule has 0 radical (unpaired) electrons. The van der Waals surface area contributed by atoms with E-state index < -0.39 is 0 Å². The quantitative estimate of drug-likeness (QED) is 0.362. The maximum Gasteiger partial charge on any atom is 0.261 e. The molecule has 5 rings (SSSR count). The van der Waals surface area contributed by atoms with Crippen LogP contribution in [0.1, 0.15) is 21.5 Å². The molecular formula is C25H19ClN6O. The van der Waals surface area contributed by atoms with Gasteiger partial charge in [0.25, 0.3) is 5.91 Å². The molecule has 162 valence electrons. The van der Waals surface area contributed by atoms with Gasteiger partial charge in [0.15, 0.2) is 5.65 Å². The predicted octanol–water partition coefficient (Wildman–Crippen LogP) is 5.26. The van der Waals surface area contributed by atoms with Crippen molar-refractivity contribution in [2.75, 3.05) is 11.1 Å². The van der Waals surface area contributed by atoms with Crippen LogP contribution in [-0.4, -0.2) is 26.8 Å². The number of hydrogen-bond acceptors (Lipinski definition) is 5. The van der Waals surface area contributed by atoms with Gasteiger partial charge in [0, 0.05) is 10.7 Å². The molecule has 0 aliphatic heterocycles. The lowest BCUT2D eigenvalue weighted by Gasteiger charge is -2.06. The number of nitrogen functional groups attached to an aromatic ring is 1. The van der Waals surface area contributed by atoms with Crippen LogP contribution >= 0.6 is 11.6 Å². The summed E-state index contributed by atoms with van der Waals surface area (Å²) in [5, 5.41) is 8.04. The number of fused-ring (bicyclic) bond motifs is 2. The number of anilines is 2. The van der Waals surface area contributed by atoms with Gasteiger partial charge in [-0.1, -0.05) is 48.0 Å². The van der Waals surface area contributed by atoms with Gasteiger partial charge in [0.1, 0.15) is 16.9 Å². The highest BCUT2D eigenvalue weighted by Gasteiger charge is 2.24. The van der Waals surface area contributed by atoms with E-state index in [4.69, 9.17) is 27.3 Å². The minimum atomic E-state index is -0.381. The van der Waals surface area contributed by atoms with Crippen molar-refractivity contribution >= 4 is 57.4 Å². The average Bonchev–Trinajstić information content (AvgIpc) is 3.07. The second kappa shape index (κ2) is 8.37. The fraction of sp³-hybridized carbons (Fsp3) is 0.0400. The third kappa shape index (κ3) is 4.02. The number of carbonyl (C=O) groups excluding carboxylic acids is 1. The van der Waals surface area contributed by atoms with E-state index in [9.17, 15) is 4.79 Å². The summed E-state index contributed by atoms with van der Waals surface area (Å²) in [6.45, 7) is 1.96. The highest BCUT2D eigenvalue weighted by atomic mass is 35.5. The molecule has 7 nitrogen and oxygen atoms in total. The highest BCUT2D eigenvalue weighted by Crippen LogP contribution is 2.28. The number of nitrogens with one attached hydrogen (secondary N) is 1. The Balaban J connectivity index is 1.66. The summed E-state index contributed by atoms with van der Waals surface area (Å²) >= 11 is 5.97. The summed E-state index contributed by atoms with van der Waals surface area (Å²) < 4.78 is 1.44. The van der Waals surface area contributed by atoms with E-state index in [1.165, 1.54) is 4.68 Å². The second-order valence-electron chi connectivity index (χ2n) is 7.58. The van der Waals surface area contributed by atoms with Crippen molar-refractivity contribution in [2.45, 2.75) is 6.92 Å². The molecule has 8 heteroatoms. The Morgan fingerprint density at radius 1 is 1.03 bits per heavy atom. The number of hydrogen-bond donors (Lipinski definition) is 2. The Hall–Kier alpha value is -4.23. The number of nitrogens with zero attached hydrogens (tertiary/aromatic N) is 4. The van der Waals surface area contributed by atoms with Crippen LogP contribution in [0, 0.1) is 6.92 Å². The highest BCUT2D eigenvalue weighted by molar-refractivity contribution is 6.30. The molecule has 2 aromatic heterocycles. The Kier molecular flexibility index (Phi) is 5.24. The smallest absolute Gasteiger partial charge is 0.261 e. The molecule has 0 aliphatic carbocycles. The van der Waals surface area contributed by atoms with E-state index >= 15 is 0 Å². The van der Waals surface area contributed by atoms with Crippen molar-refractivity contribution in [3.05, 3.63) is 94.5 Å². The SMILES string of the molecule is Cc1cccc(NC(=O)c2c(N)n(/N=C/c3ccc(Cl)cc3)c3nc4ccccc4nc23)c1. The number of halogens is 1. The van der Waals surface area contributed by atoms with Crippen LogP contribution in [0.2, 0.25) is 5.02 Å². The van der Waals surface area contributed by atoms with Gasteiger partial charge in [-0.25, -0.2) is 9.97 Å². The summed E-state index contributed by atoms with van der Waals surface area (Å²) in [4.78, 5) is 22.7. The van der Waals surface area contributed by atoms with Crippen molar-refractivity contribution in [2.24, 2.45) is 5.10 Å². The molecule has 0 bridgehead atoms. The van der Waals surface area contributed by atoms with E-state index in [1.807, 2.05) is 67.6 Å². The van der Waals surface area contributed by atoms with Gasteiger partial charge >= 0.3 is 0 Å². The number of aromatic nitrogens is 3. The van der Waals surface area contributed by atoms with Crippen molar-refractivity contribution < 1.29 is 4.79 Å². The molecule has 3 N–H and O–H groups in total. The molecule has 0 spiro atoms. The summed E-state index contributed by atoms with van der Waals surface area (Å²) in [5.41, 5.74) is 11.3. The van der Waals surface area contributed by atoms with Gasteiger partial charge < -0.3 is 11.1 Å². The topological polar surface area (TPSA) is 98.2 Å². The molecular weight excluding hydrogens is 436 g/mol. The van der Waals surface area contributed by atoms with E-state index in [0.29, 0.717) is 32.9 Å². The minimum Gasteiger partial charge on any atom is -0.383 e.